The highest BCUT2D eigenvalue weighted by Gasteiger charge is 2.19. The molecule has 0 aliphatic heterocycles. The molecule has 1 amide bonds. The summed E-state index contributed by atoms with van der Waals surface area (Å²) < 4.78 is 11.1. The number of carbonyl (C=O) groups excluding carboxylic acids is 1. The van der Waals surface area contributed by atoms with E-state index in [9.17, 15) is 9.59 Å². The molecular formula is C23H26N6O3S. The summed E-state index contributed by atoms with van der Waals surface area (Å²) in [6, 6.07) is 15.0. The van der Waals surface area contributed by atoms with Crippen molar-refractivity contribution in [2.24, 2.45) is 14.1 Å². The van der Waals surface area contributed by atoms with Crippen molar-refractivity contribution in [1.82, 2.24) is 23.9 Å². The van der Waals surface area contributed by atoms with Crippen LogP contribution >= 0.6 is 11.8 Å². The van der Waals surface area contributed by atoms with Crippen LogP contribution in [-0.2, 0) is 25.4 Å². The number of hydrogen-bond donors (Lipinski definition) is 1. The van der Waals surface area contributed by atoms with Crippen LogP contribution in [0, 0.1) is 0 Å². The Morgan fingerprint density at radius 1 is 1.09 bits per heavy atom. The van der Waals surface area contributed by atoms with Crippen molar-refractivity contribution >= 4 is 34.4 Å². The summed E-state index contributed by atoms with van der Waals surface area (Å²) in [5.74, 6) is 1.48. The molecule has 0 aliphatic carbocycles. The third-order valence-corrected chi connectivity index (χ3v) is 6.34. The summed E-state index contributed by atoms with van der Waals surface area (Å²) in [5.41, 5.74) is 2.10. The smallest absolute Gasteiger partial charge is 0.328 e. The van der Waals surface area contributed by atoms with Crippen LogP contribution in [0.2, 0.25) is 0 Å². The van der Waals surface area contributed by atoms with Crippen molar-refractivity contribution in [2.75, 3.05) is 11.1 Å². The third kappa shape index (κ3) is 4.65. The Bertz CT molecular complexity index is 1340. The van der Waals surface area contributed by atoms with Gasteiger partial charge in [0, 0.05) is 26.3 Å². The molecule has 0 radical (unpaired) electrons. The number of nitrogens with zero attached hydrogens (tertiary/aromatic N) is 5. The first-order valence-corrected chi connectivity index (χ1v) is 11.6. The number of rotatable bonds is 8. The van der Waals surface area contributed by atoms with Crippen LogP contribution in [-0.4, -0.2) is 35.6 Å². The van der Waals surface area contributed by atoms with Gasteiger partial charge in [-0.2, -0.15) is 0 Å². The predicted octanol–water partition coefficient (Wildman–Crippen LogP) is 3.36. The van der Waals surface area contributed by atoms with Crippen LogP contribution < -0.4 is 15.7 Å². The zero-order chi connectivity index (χ0) is 23.5. The maximum atomic E-state index is 12.6. The van der Waals surface area contributed by atoms with E-state index in [0.29, 0.717) is 23.2 Å². The molecule has 4 rings (SSSR count). The van der Waals surface area contributed by atoms with Gasteiger partial charge in [0.2, 0.25) is 5.91 Å². The van der Waals surface area contributed by atoms with Gasteiger partial charge in [0.05, 0.1) is 16.8 Å². The zero-order valence-corrected chi connectivity index (χ0v) is 19.8. The molecule has 172 valence electrons. The number of anilines is 1. The summed E-state index contributed by atoms with van der Waals surface area (Å²) in [5, 5.41) is 12.1. The number of aromatic nitrogens is 5. The topological polar surface area (TPSA) is 96.0 Å². The Hall–Kier alpha value is -3.53. The fourth-order valence-corrected chi connectivity index (χ4v) is 4.48. The van der Waals surface area contributed by atoms with E-state index < -0.39 is 0 Å². The van der Waals surface area contributed by atoms with Gasteiger partial charge in [-0.15, -0.1) is 10.2 Å². The van der Waals surface area contributed by atoms with Crippen molar-refractivity contribution in [3.05, 3.63) is 64.8 Å². The average molecular weight is 467 g/mol. The Balaban J connectivity index is 1.42. The minimum absolute atomic E-state index is 0.107. The first kappa shape index (κ1) is 22.7. The first-order valence-electron chi connectivity index (χ1n) is 10.6. The van der Waals surface area contributed by atoms with E-state index in [1.807, 2.05) is 54.8 Å². The monoisotopic (exact) mass is 466 g/mol. The molecule has 0 bridgehead atoms. The summed E-state index contributed by atoms with van der Waals surface area (Å²) in [6.07, 6.45) is -0.285. The van der Waals surface area contributed by atoms with Crippen molar-refractivity contribution in [3.8, 4) is 5.75 Å². The fraction of sp³-hybridized carbons (Fsp3) is 0.304. The number of aryl methyl sites for hydroxylation is 2. The van der Waals surface area contributed by atoms with E-state index in [-0.39, 0.29) is 23.5 Å². The maximum absolute atomic E-state index is 12.6. The molecule has 0 saturated carbocycles. The Kier molecular flexibility index (Phi) is 6.55. The van der Waals surface area contributed by atoms with Gasteiger partial charge in [0.15, 0.2) is 17.1 Å². The number of carbonyl (C=O) groups is 1. The van der Waals surface area contributed by atoms with Crippen molar-refractivity contribution in [1.29, 1.82) is 0 Å². The van der Waals surface area contributed by atoms with Gasteiger partial charge in [-0.3, -0.25) is 13.9 Å². The van der Waals surface area contributed by atoms with Crippen molar-refractivity contribution in [3.63, 3.8) is 0 Å². The lowest BCUT2D eigenvalue weighted by molar-refractivity contribution is -0.113. The van der Waals surface area contributed by atoms with E-state index in [2.05, 4.69) is 15.5 Å². The van der Waals surface area contributed by atoms with Crippen LogP contribution in [0.1, 0.15) is 25.8 Å². The lowest BCUT2D eigenvalue weighted by Gasteiger charge is -2.15. The zero-order valence-electron chi connectivity index (χ0n) is 19.0. The summed E-state index contributed by atoms with van der Waals surface area (Å²) in [6.45, 7) is 4.59. The quantitative estimate of drug-likeness (QED) is 0.400. The molecule has 33 heavy (non-hydrogen) atoms. The standard InChI is InChI=1S/C23H26N6O3S/c1-5-29-21(15(2)32-17-9-7-6-8-10-17)25-26-22(29)33-14-20(30)24-16-11-12-18-19(13-16)28(4)23(31)27(18)3/h6-13,15H,5,14H2,1-4H3,(H,24,30)/t15-/m1/s1. The molecule has 0 fully saturated rings. The van der Waals surface area contributed by atoms with Gasteiger partial charge in [-0.1, -0.05) is 30.0 Å². The normalized spacial score (nSPS) is 12.1. The van der Waals surface area contributed by atoms with Crippen LogP contribution in [0.3, 0.4) is 0 Å². The van der Waals surface area contributed by atoms with Gasteiger partial charge in [0.1, 0.15) is 5.75 Å². The van der Waals surface area contributed by atoms with E-state index in [4.69, 9.17) is 4.74 Å². The van der Waals surface area contributed by atoms with Crippen LogP contribution in [0.4, 0.5) is 5.69 Å². The Labute approximate surface area is 195 Å². The molecule has 9 nitrogen and oxygen atoms in total. The highest BCUT2D eigenvalue weighted by atomic mass is 32.2. The molecule has 0 unspecified atom stereocenters. The molecule has 4 aromatic rings. The van der Waals surface area contributed by atoms with Gasteiger partial charge in [-0.05, 0) is 44.2 Å². The van der Waals surface area contributed by atoms with Gasteiger partial charge >= 0.3 is 5.69 Å². The van der Waals surface area contributed by atoms with Crippen molar-refractivity contribution < 1.29 is 9.53 Å². The number of fused-ring (bicyclic) bond motifs is 1. The molecule has 2 aromatic heterocycles. The second-order valence-electron chi connectivity index (χ2n) is 7.60. The van der Waals surface area contributed by atoms with Gasteiger partial charge in [-0.25, -0.2) is 4.79 Å². The highest BCUT2D eigenvalue weighted by molar-refractivity contribution is 7.99. The van der Waals surface area contributed by atoms with E-state index >= 15 is 0 Å². The molecule has 0 aliphatic rings. The second kappa shape index (κ2) is 9.53. The van der Waals surface area contributed by atoms with Gasteiger partial charge in [0.25, 0.3) is 0 Å². The van der Waals surface area contributed by atoms with E-state index in [1.54, 1.807) is 35.4 Å². The van der Waals surface area contributed by atoms with E-state index in [0.717, 1.165) is 16.8 Å². The summed E-state index contributed by atoms with van der Waals surface area (Å²) >= 11 is 1.32. The molecule has 2 heterocycles. The second-order valence-corrected chi connectivity index (χ2v) is 8.54. The number of para-hydroxylation sites is 1. The fourth-order valence-electron chi connectivity index (χ4n) is 3.67. The number of amides is 1. The molecule has 0 spiro atoms. The third-order valence-electron chi connectivity index (χ3n) is 5.37. The average Bonchev–Trinajstić information content (AvgIpc) is 3.33. The molecular weight excluding hydrogens is 440 g/mol. The highest BCUT2D eigenvalue weighted by Crippen LogP contribution is 2.25. The molecule has 10 heteroatoms. The summed E-state index contributed by atoms with van der Waals surface area (Å²) in [4.78, 5) is 24.7. The Morgan fingerprint density at radius 3 is 2.55 bits per heavy atom. The van der Waals surface area contributed by atoms with Crippen LogP contribution in [0.5, 0.6) is 5.75 Å². The Morgan fingerprint density at radius 2 is 1.82 bits per heavy atom. The molecule has 0 saturated heterocycles. The van der Waals surface area contributed by atoms with Gasteiger partial charge < -0.3 is 14.6 Å². The number of benzene rings is 2. The number of ether oxygens (including phenoxy) is 1. The first-order chi connectivity index (χ1) is 15.9. The number of imidazole rings is 1. The predicted molar refractivity (Wildman–Crippen MR) is 129 cm³/mol. The maximum Gasteiger partial charge on any atom is 0.328 e. The minimum Gasteiger partial charge on any atom is -0.483 e. The minimum atomic E-state index is -0.285. The van der Waals surface area contributed by atoms with E-state index in [1.165, 1.54) is 11.8 Å². The molecule has 1 N–H and O–H groups in total. The lowest BCUT2D eigenvalue weighted by Crippen LogP contribution is -2.19. The number of thioether (sulfide) groups is 1. The molecule has 1 atom stereocenters. The lowest BCUT2D eigenvalue weighted by atomic mass is 10.2. The van der Waals surface area contributed by atoms with Crippen molar-refractivity contribution in [2.45, 2.75) is 31.7 Å². The van der Waals surface area contributed by atoms with Crippen LogP contribution in [0.15, 0.2) is 58.5 Å². The number of nitrogens with one attached hydrogen (secondary N) is 1. The summed E-state index contributed by atoms with van der Waals surface area (Å²) in [7, 11) is 3.44. The number of hydrogen-bond acceptors (Lipinski definition) is 6. The molecule has 2 aromatic carbocycles. The SMILES string of the molecule is CCn1c(SCC(=O)Nc2ccc3c(c2)n(C)c(=O)n3C)nnc1[C@@H](C)Oc1ccccc1. The van der Waals surface area contributed by atoms with Crippen LogP contribution in [0.25, 0.3) is 11.0 Å². The largest absolute Gasteiger partial charge is 0.483 e.